The zero-order chi connectivity index (χ0) is 3.41. The van der Waals surface area contributed by atoms with Crippen LogP contribution in [0.2, 0.25) is 0 Å². The first-order chi connectivity index (χ1) is 1.91. The second kappa shape index (κ2) is 3.44. The molecule has 0 aliphatic heterocycles. The third-order valence-corrected chi connectivity index (χ3v) is 0.387. The van der Waals surface area contributed by atoms with Crippen molar-refractivity contribution in [3.63, 3.8) is 0 Å². The smallest absolute Gasteiger partial charge is 0.160 e. The summed E-state index contributed by atoms with van der Waals surface area (Å²) in [6.45, 7) is 0. The Morgan fingerprint density at radius 2 is 2.25 bits per heavy atom. The van der Waals surface area contributed by atoms with Gasteiger partial charge in [-0.15, -0.1) is 0 Å². The Morgan fingerprint density at radius 1 is 2.00 bits per heavy atom. The monoisotopic (exact) mass is 95.0 g/mol. The zero-order valence-corrected chi connectivity index (χ0v) is 3.55. The fraction of sp³-hybridized carbons (Fsp3) is 0. The lowest BCUT2D eigenvalue weighted by Crippen LogP contribution is -1.79. The first kappa shape index (κ1) is 4.44. The minimum absolute atomic E-state index is 0.360. The molecule has 0 spiro atoms. The van der Waals surface area contributed by atoms with Crippen molar-refractivity contribution in [1.29, 1.82) is 0 Å². The molecule has 0 radical (unpaired) electrons. The van der Waals surface area contributed by atoms with Gasteiger partial charge in [-0.25, -0.2) is 10.5 Å². The molecule has 0 heterocycles. The fourth-order valence-corrected chi connectivity index (χ4v) is 0. The van der Waals surface area contributed by atoms with E-state index in [0.717, 1.165) is 0 Å². The van der Waals surface area contributed by atoms with E-state index in [-0.39, 0.29) is 0 Å². The number of hydrogen-bond donors (Lipinski definition) is 1. The van der Waals surface area contributed by atoms with Crippen LogP contribution in [-0.2, 0) is 16.4 Å². The van der Waals surface area contributed by atoms with E-state index in [1.807, 2.05) is 0 Å². The molecular weight excluding hydrogens is 93.0 g/mol. The van der Waals surface area contributed by atoms with Gasteiger partial charge in [0.15, 0.2) is 7.58 Å². The normalized spacial score (nSPS) is 8.25. The molecule has 4 heteroatoms. The van der Waals surface area contributed by atoms with Crippen LogP contribution in [0.3, 0.4) is 0 Å². The van der Waals surface area contributed by atoms with Crippen LogP contribution in [0, 0.1) is 0 Å². The maximum absolute atomic E-state index is 4.41. The molecule has 0 aromatic carbocycles. The van der Waals surface area contributed by atoms with Crippen LogP contribution < -0.4 is 5.90 Å². The second-order valence-electron chi connectivity index (χ2n) is 0.180. The molecule has 0 saturated heterocycles. The molecule has 0 rings (SSSR count). The quantitative estimate of drug-likeness (QED) is 0.373. The van der Waals surface area contributed by atoms with Crippen molar-refractivity contribution in [3.05, 3.63) is 0 Å². The van der Waals surface area contributed by atoms with Crippen LogP contribution in [-0.4, -0.2) is 0 Å². The highest BCUT2D eigenvalue weighted by molar-refractivity contribution is 7.94. The van der Waals surface area contributed by atoms with E-state index in [2.05, 4.69) is 22.3 Å². The molecule has 0 unspecified atom stereocenters. The molecule has 4 heavy (non-hydrogen) atoms. The van der Waals surface area contributed by atoms with E-state index < -0.39 is 0 Å². The number of hydrogen-bond acceptors (Lipinski definition) is 3. The minimum Gasteiger partial charge on any atom is -0.236 e. The molecule has 0 aliphatic rings. The minimum atomic E-state index is 0.360. The van der Waals surface area contributed by atoms with E-state index in [1.54, 1.807) is 0 Å². The van der Waals surface area contributed by atoms with Crippen molar-refractivity contribution in [1.82, 2.24) is 0 Å². The highest BCUT2D eigenvalue weighted by atomic mass is 32.4. The van der Waals surface area contributed by atoms with Gasteiger partial charge in [-0.3, -0.25) is 0 Å². The predicted molar refractivity (Wildman–Crippen MR) is 19.6 cm³/mol. The summed E-state index contributed by atoms with van der Waals surface area (Å²) in [7, 11) is 0.360. The van der Waals surface area contributed by atoms with Crippen LogP contribution >= 0.6 is 7.58 Å². The van der Waals surface area contributed by atoms with E-state index >= 15 is 0 Å². The van der Waals surface area contributed by atoms with Crippen molar-refractivity contribution in [3.8, 4) is 0 Å². The molecule has 2 nitrogen and oxygen atoms in total. The first-order valence-electron chi connectivity index (χ1n) is 0.601. The van der Waals surface area contributed by atoms with Gasteiger partial charge in [0.25, 0.3) is 0 Å². The maximum Gasteiger partial charge on any atom is 0.160 e. The Kier molecular flexibility index (Phi) is 3.82. The van der Waals surface area contributed by atoms with Gasteiger partial charge in [0.1, 0.15) is 0 Å². The Labute approximate surface area is 30.8 Å². The third kappa shape index (κ3) is 2.44. The highest BCUT2D eigenvalue weighted by Gasteiger charge is 1.44. The summed E-state index contributed by atoms with van der Waals surface area (Å²) in [5, 5.41) is 0. The van der Waals surface area contributed by atoms with Crippen molar-refractivity contribution in [2.75, 3.05) is 0 Å². The fourth-order valence-electron chi connectivity index (χ4n) is 0. The van der Waals surface area contributed by atoms with E-state index in [0.29, 0.717) is 7.58 Å². The van der Waals surface area contributed by atoms with Gasteiger partial charge in [0.05, 0.1) is 0 Å². The molecule has 0 atom stereocenters. The highest BCUT2D eigenvalue weighted by Crippen LogP contribution is 1.80. The Morgan fingerprint density at radius 3 is 2.25 bits per heavy atom. The molecule has 0 aromatic heterocycles. The lowest BCUT2D eigenvalue weighted by molar-refractivity contribution is 0.395. The summed E-state index contributed by atoms with van der Waals surface area (Å²) in [6, 6.07) is 0. The third-order valence-electron chi connectivity index (χ3n) is 0.0430. The van der Waals surface area contributed by atoms with Gasteiger partial charge in [-0.1, -0.05) is 0 Å². The van der Waals surface area contributed by atoms with Gasteiger partial charge in [0.2, 0.25) is 0 Å². The molecule has 2 N–H and O–H groups in total. The Bertz CT molecular complexity index is 22.0. The van der Waals surface area contributed by atoms with Gasteiger partial charge >= 0.3 is 0 Å². The standard InChI is InChI=1S/H2NOPS/c1-2-3-4/h1H2. The number of rotatable bonds is 1. The Balaban J connectivity index is 2.30. The summed E-state index contributed by atoms with van der Waals surface area (Å²) in [4.78, 5) is 0. The van der Waals surface area contributed by atoms with Crippen molar-refractivity contribution in [2.24, 2.45) is 5.90 Å². The summed E-state index contributed by atoms with van der Waals surface area (Å²) in [5.74, 6) is 4.41. The molecule has 0 aromatic rings. The summed E-state index contributed by atoms with van der Waals surface area (Å²) < 4.78 is 3.83. The molecular formula is H2NOPS. The maximum atomic E-state index is 4.41. The van der Waals surface area contributed by atoms with Crippen molar-refractivity contribution in [2.45, 2.75) is 0 Å². The summed E-state index contributed by atoms with van der Waals surface area (Å²) in [6.07, 6.45) is 0. The molecule has 0 amide bonds. The average Bonchev–Trinajstić information content (AvgIpc) is 1.37. The van der Waals surface area contributed by atoms with Crippen LogP contribution in [0.1, 0.15) is 0 Å². The average molecular weight is 95.1 g/mol. The van der Waals surface area contributed by atoms with Gasteiger partial charge in [-0.05, 0) is 11.8 Å². The predicted octanol–water partition coefficient (Wildman–Crippen LogP) is 0.200. The van der Waals surface area contributed by atoms with Crippen LogP contribution in [0.5, 0.6) is 0 Å². The topological polar surface area (TPSA) is 35.2 Å². The van der Waals surface area contributed by atoms with Crippen molar-refractivity contribution >= 4 is 19.4 Å². The molecule has 24 valence electrons. The lowest BCUT2D eigenvalue weighted by atomic mass is 13.6. The lowest BCUT2D eigenvalue weighted by Gasteiger charge is -1.62. The van der Waals surface area contributed by atoms with Crippen LogP contribution in [0.25, 0.3) is 0 Å². The SMILES string of the molecule is NOP=S. The van der Waals surface area contributed by atoms with Crippen molar-refractivity contribution < 1.29 is 4.62 Å². The molecule has 0 fully saturated rings. The largest absolute Gasteiger partial charge is 0.236 e. The number of nitrogens with two attached hydrogens (primary N) is 1. The molecule has 0 bridgehead atoms. The van der Waals surface area contributed by atoms with E-state index in [9.17, 15) is 0 Å². The van der Waals surface area contributed by atoms with E-state index in [4.69, 9.17) is 0 Å². The van der Waals surface area contributed by atoms with Gasteiger partial charge in [-0.2, -0.15) is 0 Å². The Hall–Kier alpha value is 0.440. The first-order valence-corrected chi connectivity index (χ1v) is 2.43. The van der Waals surface area contributed by atoms with Gasteiger partial charge in [0, 0.05) is 0 Å². The van der Waals surface area contributed by atoms with E-state index in [1.165, 1.54) is 0 Å². The van der Waals surface area contributed by atoms with Crippen LogP contribution in [0.15, 0.2) is 0 Å². The molecule has 0 aliphatic carbocycles. The second-order valence-corrected chi connectivity index (χ2v) is 0.987. The summed E-state index contributed by atoms with van der Waals surface area (Å²) in [5.41, 5.74) is 0. The molecule has 0 saturated carbocycles. The van der Waals surface area contributed by atoms with Crippen LogP contribution in [0.4, 0.5) is 0 Å². The zero-order valence-electron chi connectivity index (χ0n) is 1.84. The summed E-state index contributed by atoms with van der Waals surface area (Å²) >= 11 is 4.18. The van der Waals surface area contributed by atoms with Gasteiger partial charge < -0.3 is 0 Å².